The fraction of sp³-hybridized carbons (Fsp3) is 0.296. The van der Waals surface area contributed by atoms with Gasteiger partial charge >= 0.3 is 5.97 Å². The molecule has 3 aromatic rings. The lowest BCUT2D eigenvalue weighted by Gasteiger charge is -2.29. The zero-order valence-corrected chi connectivity index (χ0v) is 19.2. The number of carbonyl (C=O) groups is 1. The standard InChI is InChI=1S/C27H22F6O3/c1-2-3-14-4-7-24(35-13-14)16-10-20(29)25(21(30)11-16)27(34)36-17-5-6-18(19(28)12-17)15-8-22(31)26(33)23(32)9-15/h5-6,8-12,14,24H,2-4,7,13H2,1H3. The van der Waals surface area contributed by atoms with Gasteiger partial charge in [0.2, 0.25) is 0 Å². The van der Waals surface area contributed by atoms with Crippen molar-refractivity contribution in [1.29, 1.82) is 0 Å². The number of carbonyl (C=O) groups excluding carboxylic acids is 1. The topological polar surface area (TPSA) is 35.5 Å². The summed E-state index contributed by atoms with van der Waals surface area (Å²) in [5, 5.41) is 0. The molecule has 1 fully saturated rings. The summed E-state index contributed by atoms with van der Waals surface area (Å²) in [4.78, 5) is 12.5. The minimum atomic E-state index is -1.70. The van der Waals surface area contributed by atoms with Crippen molar-refractivity contribution in [1.82, 2.24) is 0 Å². The van der Waals surface area contributed by atoms with Crippen molar-refractivity contribution in [2.45, 2.75) is 38.7 Å². The molecule has 1 saturated heterocycles. The number of hydrogen-bond donors (Lipinski definition) is 0. The van der Waals surface area contributed by atoms with Crippen LogP contribution in [0.15, 0.2) is 42.5 Å². The highest BCUT2D eigenvalue weighted by Crippen LogP contribution is 2.34. The van der Waals surface area contributed by atoms with Crippen LogP contribution in [0, 0.1) is 40.8 Å². The molecule has 0 bridgehead atoms. The molecule has 3 aromatic carbocycles. The molecule has 3 nitrogen and oxygen atoms in total. The summed E-state index contributed by atoms with van der Waals surface area (Å²) in [5.41, 5.74) is -1.28. The van der Waals surface area contributed by atoms with Crippen LogP contribution in [-0.4, -0.2) is 12.6 Å². The molecule has 0 amide bonds. The summed E-state index contributed by atoms with van der Waals surface area (Å²) in [6.45, 7) is 2.56. The maximum Gasteiger partial charge on any atom is 0.349 e. The van der Waals surface area contributed by atoms with Crippen LogP contribution in [0.25, 0.3) is 11.1 Å². The van der Waals surface area contributed by atoms with Crippen LogP contribution in [0.2, 0.25) is 0 Å². The summed E-state index contributed by atoms with van der Waals surface area (Å²) < 4.78 is 94.8. The molecule has 0 radical (unpaired) electrons. The molecule has 4 rings (SSSR count). The van der Waals surface area contributed by atoms with Crippen LogP contribution in [0.3, 0.4) is 0 Å². The molecule has 1 heterocycles. The zero-order chi connectivity index (χ0) is 26.0. The van der Waals surface area contributed by atoms with Crippen LogP contribution in [0.4, 0.5) is 26.3 Å². The third-order valence-electron chi connectivity index (χ3n) is 6.15. The van der Waals surface area contributed by atoms with Gasteiger partial charge in [0.05, 0.1) is 12.7 Å². The van der Waals surface area contributed by atoms with Gasteiger partial charge in [-0.15, -0.1) is 0 Å². The van der Waals surface area contributed by atoms with Gasteiger partial charge in [-0.1, -0.05) is 13.3 Å². The minimum absolute atomic E-state index is 0.269. The highest BCUT2D eigenvalue weighted by Gasteiger charge is 2.27. The van der Waals surface area contributed by atoms with E-state index in [9.17, 15) is 31.1 Å². The van der Waals surface area contributed by atoms with E-state index in [0.29, 0.717) is 37.1 Å². The maximum atomic E-state index is 14.7. The molecule has 0 saturated carbocycles. The number of ether oxygens (including phenoxy) is 2. The van der Waals surface area contributed by atoms with E-state index < -0.39 is 58.3 Å². The van der Waals surface area contributed by atoms with Crippen LogP contribution < -0.4 is 4.74 Å². The number of rotatable bonds is 6. The SMILES string of the molecule is CCCC1CCC(c2cc(F)c(C(=O)Oc3ccc(-c4cc(F)c(F)c(F)c4)c(F)c3)c(F)c2)OC1. The lowest BCUT2D eigenvalue weighted by molar-refractivity contribution is -0.0197. The quantitative estimate of drug-likeness (QED) is 0.148. The Bertz CT molecular complexity index is 1240. The van der Waals surface area contributed by atoms with Crippen molar-refractivity contribution < 1.29 is 40.6 Å². The summed E-state index contributed by atoms with van der Waals surface area (Å²) >= 11 is 0. The molecule has 36 heavy (non-hydrogen) atoms. The Hall–Kier alpha value is -3.33. The van der Waals surface area contributed by atoms with Gasteiger partial charge in [-0.05, 0) is 72.7 Å². The van der Waals surface area contributed by atoms with Gasteiger partial charge in [-0.2, -0.15) is 0 Å². The fourth-order valence-corrected chi connectivity index (χ4v) is 4.34. The number of benzene rings is 3. The third-order valence-corrected chi connectivity index (χ3v) is 6.15. The first-order valence-corrected chi connectivity index (χ1v) is 11.4. The summed E-state index contributed by atoms with van der Waals surface area (Å²) in [7, 11) is 0. The average molecular weight is 508 g/mol. The van der Waals surface area contributed by atoms with Crippen molar-refractivity contribution in [2.24, 2.45) is 5.92 Å². The molecular formula is C27H22F6O3. The van der Waals surface area contributed by atoms with E-state index in [1.54, 1.807) is 0 Å². The zero-order valence-electron chi connectivity index (χ0n) is 19.2. The number of halogens is 6. The van der Waals surface area contributed by atoms with Gasteiger partial charge in [0, 0.05) is 11.6 Å². The Kier molecular flexibility index (Phi) is 7.68. The lowest BCUT2D eigenvalue weighted by atomic mass is 9.91. The highest BCUT2D eigenvalue weighted by molar-refractivity contribution is 5.91. The van der Waals surface area contributed by atoms with E-state index in [2.05, 4.69) is 6.92 Å². The van der Waals surface area contributed by atoms with E-state index in [1.165, 1.54) is 0 Å². The van der Waals surface area contributed by atoms with Crippen molar-refractivity contribution >= 4 is 5.97 Å². The van der Waals surface area contributed by atoms with Crippen LogP contribution in [0.1, 0.15) is 54.6 Å². The molecule has 2 unspecified atom stereocenters. The fourth-order valence-electron chi connectivity index (χ4n) is 4.34. The van der Waals surface area contributed by atoms with Crippen molar-refractivity contribution in [3.05, 3.63) is 88.5 Å². The second-order valence-corrected chi connectivity index (χ2v) is 8.70. The largest absolute Gasteiger partial charge is 0.423 e. The van der Waals surface area contributed by atoms with Crippen LogP contribution in [0.5, 0.6) is 5.75 Å². The Morgan fingerprint density at radius 3 is 2.11 bits per heavy atom. The predicted molar refractivity (Wildman–Crippen MR) is 119 cm³/mol. The van der Waals surface area contributed by atoms with E-state index in [-0.39, 0.29) is 16.7 Å². The predicted octanol–water partition coefficient (Wildman–Crippen LogP) is 7.68. The Morgan fingerprint density at radius 2 is 1.56 bits per heavy atom. The normalized spacial score (nSPS) is 17.8. The molecule has 0 N–H and O–H groups in total. The molecule has 0 spiro atoms. The average Bonchev–Trinajstić information content (AvgIpc) is 2.82. The Morgan fingerprint density at radius 1 is 0.889 bits per heavy atom. The molecule has 0 aromatic heterocycles. The van der Waals surface area contributed by atoms with Gasteiger partial charge in [0.15, 0.2) is 17.5 Å². The van der Waals surface area contributed by atoms with Crippen molar-refractivity contribution in [3.63, 3.8) is 0 Å². The lowest BCUT2D eigenvalue weighted by Crippen LogP contribution is -2.21. The van der Waals surface area contributed by atoms with Crippen LogP contribution in [-0.2, 0) is 4.74 Å². The van der Waals surface area contributed by atoms with E-state index in [1.807, 2.05) is 0 Å². The smallest absolute Gasteiger partial charge is 0.349 e. The molecular weight excluding hydrogens is 486 g/mol. The second-order valence-electron chi connectivity index (χ2n) is 8.70. The van der Waals surface area contributed by atoms with Gasteiger partial charge < -0.3 is 9.47 Å². The van der Waals surface area contributed by atoms with E-state index in [0.717, 1.165) is 43.5 Å². The molecule has 2 atom stereocenters. The molecule has 0 aliphatic carbocycles. The Balaban J connectivity index is 1.50. The minimum Gasteiger partial charge on any atom is -0.423 e. The second kappa shape index (κ2) is 10.7. The maximum absolute atomic E-state index is 14.7. The monoisotopic (exact) mass is 508 g/mol. The number of esters is 1. The van der Waals surface area contributed by atoms with Crippen LogP contribution >= 0.6 is 0 Å². The molecule has 1 aliphatic heterocycles. The van der Waals surface area contributed by atoms with Gasteiger partial charge in [0.25, 0.3) is 0 Å². The number of hydrogen-bond acceptors (Lipinski definition) is 3. The first-order chi connectivity index (χ1) is 17.2. The highest BCUT2D eigenvalue weighted by atomic mass is 19.2. The van der Waals surface area contributed by atoms with E-state index in [4.69, 9.17) is 9.47 Å². The molecule has 9 heteroatoms. The molecule has 1 aliphatic rings. The molecule has 190 valence electrons. The van der Waals surface area contributed by atoms with E-state index >= 15 is 0 Å². The summed E-state index contributed by atoms with van der Waals surface area (Å²) in [6, 6.07) is 6.06. The summed E-state index contributed by atoms with van der Waals surface area (Å²) in [5.74, 6) is -9.45. The summed E-state index contributed by atoms with van der Waals surface area (Å²) in [6.07, 6.45) is 3.01. The first-order valence-electron chi connectivity index (χ1n) is 11.4. The third kappa shape index (κ3) is 5.41. The first kappa shape index (κ1) is 25.8. The van der Waals surface area contributed by atoms with Crippen molar-refractivity contribution in [2.75, 3.05) is 6.61 Å². The van der Waals surface area contributed by atoms with Gasteiger partial charge in [0.1, 0.15) is 28.8 Å². The van der Waals surface area contributed by atoms with Gasteiger partial charge in [-0.3, -0.25) is 0 Å². The Labute approximate surface area is 203 Å². The van der Waals surface area contributed by atoms with Crippen molar-refractivity contribution in [3.8, 4) is 16.9 Å². The van der Waals surface area contributed by atoms with Gasteiger partial charge in [-0.25, -0.2) is 31.1 Å².